The predicted octanol–water partition coefficient (Wildman–Crippen LogP) is 3.73. The number of aliphatic imine (C=N–C) groups is 1. The van der Waals surface area contributed by atoms with Gasteiger partial charge < -0.3 is 14.2 Å². The average molecular weight is 491 g/mol. The highest BCUT2D eigenvalue weighted by Gasteiger charge is 2.36. The molecule has 0 spiro atoms. The lowest BCUT2D eigenvalue weighted by Crippen LogP contribution is -2.35. The average Bonchev–Trinajstić information content (AvgIpc) is 3.57. The fraction of sp³-hybridized carbons (Fsp3) is 0.320. The summed E-state index contributed by atoms with van der Waals surface area (Å²) in [5.41, 5.74) is 3.90. The van der Waals surface area contributed by atoms with Gasteiger partial charge in [0, 0.05) is 30.2 Å². The van der Waals surface area contributed by atoms with Crippen LogP contribution in [-0.4, -0.2) is 62.5 Å². The lowest BCUT2D eigenvalue weighted by molar-refractivity contribution is -0.128. The molecular formula is C25H26N6O3S. The first-order valence-electron chi connectivity index (χ1n) is 11.5. The van der Waals surface area contributed by atoms with E-state index in [0.717, 1.165) is 54.3 Å². The van der Waals surface area contributed by atoms with E-state index in [0.29, 0.717) is 10.2 Å². The zero-order valence-electron chi connectivity index (χ0n) is 19.9. The summed E-state index contributed by atoms with van der Waals surface area (Å²) in [6.07, 6.45) is 3.90. The van der Waals surface area contributed by atoms with Gasteiger partial charge in [-0.1, -0.05) is 0 Å². The topological polar surface area (TPSA) is 103 Å². The van der Waals surface area contributed by atoms with Crippen molar-refractivity contribution in [1.29, 1.82) is 5.41 Å². The standard InChI is InChI=1S/C25H26N6O3S/c1-15-12-17(16(2)30(15)18-6-8-19(34-3)9-7-18)13-20-23(26)31-25(27-24(20)33)35-21(28-31)14-22(32)29-10-4-5-11-29/h6-9,12-13,26H,4-5,10-11,14H2,1-3H3/b20-13-,26-23?. The zero-order valence-corrected chi connectivity index (χ0v) is 20.7. The highest BCUT2D eigenvalue weighted by molar-refractivity contribution is 8.27. The second-order valence-electron chi connectivity index (χ2n) is 8.64. The first-order chi connectivity index (χ1) is 16.9. The van der Waals surface area contributed by atoms with Crippen molar-refractivity contribution in [2.24, 2.45) is 10.1 Å². The number of hydrazone groups is 1. The third-order valence-corrected chi connectivity index (χ3v) is 7.27. The van der Waals surface area contributed by atoms with Crippen molar-refractivity contribution >= 4 is 45.7 Å². The minimum Gasteiger partial charge on any atom is -0.497 e. The fourth-order valence-electron chi connectivity index (χ4n) is 4.53. The number of aryl methyl sites for hydroxylation is 1. The van der Waals surface area contributed by atoms with Gasteiger partial charge in [0.05, 0.1) is 19.1 Å². The lowest BCUT2D eigenvalue weighted by atomic mass is 10.1. The number of benzene rings is 1. The van der Waals surface area contributed by atoms with Crippen LogP contribution in [0.4, 0.5) is 0 Å². The van der Waals surface area contributed by atoms with Gasteiger partial charge in [-0.2, -0.15) is 15.1 Å². The van der Waals surface area contributed by atoms with Gasteiger partial charge in [0.2, 0.25) is 11.1 Å². The van der Waals surface area contributed by atoms with Crippen LogP contribution in [0.15, 0.2) is 46.0 Å². The number of hydrogen-bond donors (Lipinski definition) is 1. The summed E-state index contributed by atoms with van der Waals surface area (Å²) < 4.78 is 7.34. The van der Waals surface area contributed by atoms with Gasteiger partial charge in [-0.3, -0.25) is 15.0 Å². The number of amides is 2. The molecule has 5 rings (SSSR count). The quantitative estimate of drug-likeness (QED) is 0.643. The molecule has 1 N–H and O–H groups in total. The summed E-state index contributed by atoms with van der Waals surface area (Å²) in [6, 6.07) is 9.73. The van der Waals surface area contributed by atoms with E-state index in [1.54, 1.807) is 13.2 Å². The number of nitrogens with zero attached hydrogens (tertiary/aromatic N) is 5. The summed E-state index contributed by atoms with van der Waals surface area (Å²) in [4.78, 5) is 31.4. The number of ether oxygens (including phenoxy) is 1. The Hall–Kier alpha value is -3.66. The van der Waals surface area contributed by atoms with Crippen LogP contribution in [0.5, 0.6) is 5.75 Å². The molecule has 1 fully saturated rings. The molecule has 0 unspecified atom stereocenters. The van der Waals surface area contributed by atoms with Crippen LogP contribution in [0.3, 0.4) is 0 Å². The van der Waals surface area contributed by atoms with Crippen LogP contribution < -0.4 is 4.74 Å². The number of nitrogens with one attached hydrogen (secondary N) is 1. The van der Waals surface area contributed by atoms with Gasteiger partial charge in [-0.05, 0) is 80.4 Å². The minimum atomic E-state index is -0.481. The fourth-order valence-corrected chi connectivity index (χ4v) is 5.40. The van der Waals surface area contributed by atoms with E-state index < -0.39 is 5.91 Å². The third-order valence-electron chi connectivity index (χ3n) is 6.36. The van der Waals surface area contributed by atoms with Gasteiger partial charge >= 0.3 is 0 Å². The summed E-state index contributed by atoms with van der Waals surface area (Å²) in [5, 5.41) is 15.3. The summed E-state index contributed by atoms with van der Waals surface area (Å²) in [7, 11) is 1.63. The van der Waals surface area contributed by atoms with Crippen LogP contribution >= 0.6 is 11.8 Å². The minimum absolute atomic E-state index is 0.0220. The molecule has 10 heteroatoms. The van der Waals surface area contributed by atoms with Gasteiger partial charge in [0.1, 0.15) is 10.8 Å². The number of rotatable bonds is 5. The van der Waals surface area contributed by atoms with Crippen LogP contribution in [0.1, 0.15) is 36.2 Å². The molecule has 0 radical (unpaired) electrons. The first-order valence-corrected chi connectivity index (χ1v) is 12.3. The van der Waals surface area contributed by atoms with Crippen molar-refractivity contribution in [3.8, 4) is 11.4 Å². The molecule has 0 aliphatic carbocycles. The molecule has 4 heterocycles. The molecular weight excluding hydrogens is 464 g/mol. The Morgan fingerprint density at radius 3 is 2.60 bits per heavy atom. The molecule has 0 saturated carbocycles. The molecule has 3 aliphatic heterocycles. The molecule has 1 saturated heterocycles. The maximum absolute atomic E-state index is 12.8. The van der Waals surface area contributed by atoms with Crippen molar-refractivity contribution in [3.63, 3.8) is 0 Å². The summed E-state index contributed by atoms with van der Waals surface area (Å²) in [5.74, 6) is 0.281. The smallest absolute Gasteiger partial charge is 0.283 e. The molecule has 35 heavy (non-hydrogen) atoms. The van der Waals surface area contributed by atoms with Crippen LogP contribution in [0.2, 0.25) is 0 Å². The summed E-state index contributed by atoms with van der Waals surface area (Å²) >= 11 is 1.18. The number of carbonyl (C=O) groups is 2. The van der Waals surface area contributed by atoms with Crippen molar-refractivity contribution in [3.05, 3.63) is 52.9 Å². The molecule has 2 amide bonds. The van der Waals surface area contributed by atoms with Gasteiger partial charge in [0.25, 0.3) is 5.91 Å². The second-order valence-corrected chi connectivity index (χ2v) is 9.68. The predicted molar refractivity (Wildman–Crippen MR) is 137 cm³/mol. The van der Waals surface area contributed by atoms with E-state index in [1.165, 1.54) is 16.8 Å². The van der Waals surface area contributed by atoms with Crippen LogP contribution in [-0.2, 0) is 9.59 Å². The van der Waals surface area contributed by atoms with Crippen molar-refractivity contribution in [2.75, 3.05) is 20.2 Å². The Labute approximate surface area is 207 Å². The maximum atomic E-state index is 12.8. The number of hydrogen-bond acceptors (Lipinski definition) is 6. The van der Waals surface area contributed by atoms with Crippen LogP contribution in [0, 0.1) is 19.3 Å². The van der Waals surface area contributed by atoms with Gasteiger partial charge in [-0.15, -0.1) is 0 Å². The van der Waals surface area contributed by atoms with E-state index in [9.17, 15) is 9.59 Å². The van der Waals surface area contributed by atoms with E-state index >= 15 is 0 Å². The number of amidine groups is 2. The van der Waals surface area contributed by atoms with E-state index in [1.807, 2.05) is 49.1 Å². The monoisotopic (exact) mass is 490 g/mol. The van der Waals surface area contributed by atoms with Crippen molar-refractivity contribution in [1.82, 2.24) is 14.5 Å². The first kappa shape index (κ1) is 23.1. The Balaban J connectivity index is 1.40. The van der Waals surface area contributed by atoms with Crippen molar-refractivity contribution in [2.45, 2.75) is 33.1 Å². The molecule has 1 aromatic heterocycles. The molecule has 0 bridgehead atoms. The Morgan fingerprint density at radius 1 is 1.20 bits per heavy atom. The normalized spacial score (nSPS) is 18.8. The Bertz CT molecular complexity index is 1320. The van der Waals surface area contributed by atoms with Crippen LogP contribution in [0.25, 0.3) is 11.8 Å². The highest BCUT2D eigenvalue weighted by atomic mass is 32.2. The molecule has 0 atom stereocenters. The van der Waals surface area contributed by atoms with Crippen molar-refractivity contribution < 1.29 is 14.3 Å². The molecule has 3 aliphatic rings. The largest absolute Gasteiger partial charge is 0.497 e. The van der Waals surface area contributed by atoms with E-state index in [4.69, 9.17) is 10.1 Å². The highest BCUT2D eigenvalue weighted by Crippen LogP contribution is 2.31. The Morgan fingerprint density at radius 2 is 1.91 bits per heavy atom. The maximum Gasteiger partial charge on any atom is 0.283 e. The number of aromatic nitrogens is 1. The number of carbonyl (C=O) groups excluding carboxylic acids is 2. The molecule has 9 nitrogen and oxygen atoms in total. The van der Waals surface area contributed by atoms with E-state index in [-0.39, 0.29) is 23.7 Å². The molecule has 180 valence electrons. The van der Waals surface area contributed by atoms with Gasteiger partial charge in [0.15, 0.2) is 5.84 Å². The summed E-state index contributed by atoms with van der Waals surface area (Å²) in [6.45, 7) is 5.52. The molecule has 1 aromatic carbocycles. The number of likely N-dealkylation sites (tertiary alicyclic amines) is 1. The van der Waals surface area contributed by atoms with E-state index in [2.05, 4.69) is 14.7 Å². The zero-order chi connectivity index (χ0) is 24.7. The SMILES string of the molecule is COc1ccc(-n2c(C)cc(/C=C3/C(=N)N4N=C(CC(=O)N5CCCC5)SC4=NC3=O)c2C)cc1. The molecule has 2 aromatic rings. The number of fused-ring (bicyclic) bond motifs is 1. The van der Waals surface area contributed by atoms with Gasteiger partial charge in [-0.25, -0.2) is 0 Å². The third kappa shape index (κ3) is 4.29. The Kier molecular flexibility index (Phi) is 6.06. The lowest BCUT2D eigenvalue weighted by Gasteiger charge is -2.20. The number of methoxy groups -OCH3 is 1. The second kappa shape index (κ2) is 9.18. The number of thioether (sulfide) groups is 1.